The summed E-state index contributed by atoms with van der Waals surface area (Å²) in [5.74, 6) is -0.113. The minimum Gasteiger partial charge on any atom is -0.348 e. The topological polar surface area (TPSA) is 82.3 Å². The van der Waals surface area contributed by atoms with Gasteiger partial charge in [0, 0.05) is 29.4 Å². The second kappa shape index (κ2) is 9.49. The van der Waals surface area contributed by atoms with Gasteiger partial charge in [0.05, 0.1) is 0 Å². The molecule has 1 saturated heterocycles. The van der Waals surface area contributed by atoms with Crippen LogP contribution >= 0.6 is 12.4 Å². The van der Waals surface area contributed by atoms with Crippen molar-refractivity contribution in [2.75, 3.05) is 11.9 Å². The van der Waals surface area contributed by atoms with Crippen molar-refractivity contribution in [2.24, 2.45) is 0 Å². The van der Waals surface area contributed by atoms with Crippen LogP contribution in [0.25, 0.3) is 0 Å². The van der Waals surface area contributed by atoms with E-state index in [4.69, 9.17) is 0 Å². The van der Waals surface area contributed by atoms with Gasteiger partial charge in [-0.1, -0.05) is 6.07 Å². The molecule has 0 saturated carbocycles. The van der Waals surface area contributed by atoms with Crippen LogP contribution in [0.2, 0.25) is 0 Å². The number of nitrogens with one attached hydrogen (secondary N) is 4. The molecule has 2 unspecified atom stereocenters. The Balaban J connectivity index is 0.00000288. The summed E-state index contributed by atoms with van der Waals surface area (Å²) in [4.78, 5) is 24.1. The first-order chi connectivity index (χ1) is 11.0. The maximum absolute atomic E-state index is 12.4. The van der Waals surface area contributed by atoms with Gasteiger partial charge in [-0.25, -0.2) is 4.79 Å². The van der Waals surface area contributed by atoms with Crippen LogP contribution in [-0.2, 0) is 0 Å². The Morgan fingerprint density at radius 3 is 2.71 bits per heavy atom. The Bertz CT molecular complexity index is 565. The van der Waals surface area contributed by atoms with E-state index >= 15 is 0 Å². The molecule has 24 heavy (non-hydrogen) atoms. The van der Waals surface area contributed by atoms with E-state index in [0.717, 1.165) is 19.4 Å². The van der Waals surface area contributed by atoms with E-state index in [1.54, 1.807) is 24.3 Å². The largest absolute Gasteiger partial charge is 0.348 e. The molecule has 0 spiro atoms. The van der Waals surface area contributed by atoms with Crippen molar-refractivity contribution in [3.05, 3.63) is 29.8 Å². The Morgan fingerprint density at radius 2 is 2.04 bits per heavy atom. The van der Waals surface area contributed by atoms with Crippen LogP contribution in [-0.4, -0.2) is 36.6 Å². The zero-order chi connectivity index (χ0) is 16.8. The van der Waals surface area contributed by atoms with Gasteiger partial charge in [-0.15, -0.1) is 12.4 Å². The molecule has 2 rings (SSSR count). The fourth-order valence-electron chi connectivity index (χ4n) is 2.66. The lowest BCUT2D eigenvalue weighted by atomic mass is 9.99. The van der Waals surface area contributed by atoms with Crippen molar-refractivity contribution < 1.29 is 9.59 Å². The lowest BCUT2D eigenvalue weighted by Gasteiger charge is -2.30. The summed E-state index contributed by atoms with van der Waals surface area (Å²) in [6.45, 7) is 6.86. The highest BCUT2D eigenvalue weighted by molar-refractivity contribution is 5.97. The average Bonchev–Trinajstić information content (AvgIpc) is 2.49. The lowest BCUT2D eigenvalue weighted by Crippen LogP contribution is -2.51. The van der Waals surface area contributed by atoms with Gasteiger partial charge in [0.15, 0.2) is 0 Å². The minimum atomic E-state index is -0.275. The van der Waals surface area contributed by atoms with Gasteiger partial charge in [0.25, 0.3) is 5.91 Å². The normalized spacial score (nSPS) is 20.0. The van der Waals surface area contributed by atoms with Crippen molar-refractivity contribution >= 4 is 30.0 Å². The zero-order valence-corrected chi connectivity index (χ0v) is 15.2. The number of benzene rings is 1. The molecule has 1 aromatic rings. The van der Waals surface area contributed by atoms with E-state index in [0.29, 0.717) is 11.3 Å². The molecule has 0 radical (unpaired) electrons. The van der Waals surface area contributed by atoms with Crippen LogP contribution in [0.15, 0.2) is 24.3 Å². The Kier molecular flexibility index (Phi) is 8.01. The maximum Gasteiger partial charge on any atom is 0.319 e. The predicted octanol–water partition coefficient (Wildman–Crippen LogP) is 2.51. The molecule has 0 bridgehead atoms. The fourth-order valence-corrected chi connectivity index (χ4v) is 2.66. The second-order valence-electron chi connectivity index (χ2n) is 6.30. The number of carbonyl (C=O) groups is 2. The van der Waals surface area contributed by atoms with Gasteiger partial charge >= 0.3 is 6.03 Å². The number of hydrogen-bond acceptors (Lipinski definition) is 3. The molecule has 0 aliphatic carbocycles. The van der Waals surface area contributed by atoms with Gasteiger partial charge in [-0.05, 0) is 58.4 Å². The first kappa shape index (κ1) is 20.3. The molecule has 3 amide bonds. The quantitative estimate of drug-likeness (QED) is 0.670. The summed E-state index contributed by atoms with van der Waals surface area (Å²) in [5.41, 5.74) is 1.15. The van der Waals surface area contributed by atoms with E-state index in [2.05, 4.69) is 28.2 Å². The Hall–Kier alpha value is -1.79. The summed E-state index contributed by atoms with van der Waals surface area (Å²) in [7, 11) is 0. The van der Waals surface area contributed by atoms with E-state index < -0.39 is 0 Å². The van der Waals surface area contributed by atoms with Gasteiger partial charge in [-0.3, -0.25) is 4.79 Å². The third-order valence-corrected chi connectivity index (χ3v) is 3.88. The van der Waals surface area contributed by atoms with Crippen molar-refractivity contribution in [3.63, 3.8) is 0 Å². The summed E-state index contributed by atoms with van der Waals surface area (Å²) in [5, 5.41) is 11.9. The summed E-state index contributed by atoms with van der Waals surface area (Å²) in [6, 6.07) is 7.16. The van der Waals surface area contributed by atoms with Crippen LogP contribution < -0.4 is 21.3 Å². The first-order valence-corrected chi connectivity index (χ1v) is 8.17. The highest BCUT2D eigenvalue weighted by atomic mass is 35.5. The van der Waals surface area contributed by atoms with E-state index in [1.807, 2.05) is 13.8 Å². The van der Waals surface area contributed by atoms with Crippen LogP contribution in [0.5, 0.6) is 0 Å². The summed E-state index contributed by atoms with van der Waals surface area (Å²) in [6.07, 6.45) is 2.04. The van der Waals surface area contributed by atoms with Gasteiger partial charge in [0.2, 0.25) is 0 Å². The number of hydrogen-bond donors (Lipinski definition) is 4. The average molecular weight is 355 g/mol. The molecule has 4 N–H and O–H groups in total. The highest BCUT2D eigenvalue weighted by Gasteiger charge is 2.22. The van der Waals surface area contributed by atoms with Gasteiger partial charge in [-0.2, -0.15) is 0 Å². The number of amides is 3. The Morgan fingerprint density at radius 1 is 1.29 bits per heavy atom. The van der Waals surface area contributed by atoms with Crippen molar-refractivity contribution in [2.45, 2.75) is 51.7 Å². The zero-order valence-electron chi connectivity index (χ0n) is 14.4. The lowest BCUT2D eigenvalue weighted by molar-refractivity contribution is 0.0920. The van der Waals surface area contributed by atoms with Crippen molar-refractivity contribution in [1.29, 1.82) is 0 Å². The molecule has 2 atom stereocenters. The van der Waals surface area contributed by atoms with Crippen LogP contribution in [0, 0.1) is 0 Å². The number of rotatable bonds is 4. The van der Waals surface area contributed by atoms with Crippen molar-refractivity contribution in [3.8, 4) is 0 Å². The standard InChI is InChI=1S/C17H26N4O2.ClH/c1-11(2)19-17(23)20-14-7-4-6-13(10-14)16(22)21-15-8-5-9-18-12(15)3;/h4,6-7,10-12,15,18H,5,8-9H2,1-3H3,(H,21,22)(H2,19,20,23);1H. The fraction of sp³-hybridized carbons (Fsp3) is 0.529. The maximum atomic E-state index is 12.4. The summed E-state index contributed by atoms with van der Waals surface area (Å²) < 4.78 is 0. The molecule has 1 aliphatic heterocycles. The van der Waals surface area contributed by atoms with Gasteiger partial charge < -0.3 is 21.3 Å². The monoisotopic (exact) mass is 354 g/mol. The smallest absolute Gasteiger partial charge is 0.319 e. The van der Waals surface area contributed by atoms with E-state index in [9.17, 15) is 9.59 Å². The first-order valence-electron chi connectivity index (χ1n) is 8.17. The molecule has 134 valence electrons. The van der Waals surface area contributed by atoms with Crippen molar-refractivity contribution in [1.82, 2.24) is 16.0 Å². The number of anilines is 1. The molecule has 1 heterocycles. The van der Waals surface area contributed by atoms with E-state index in [-0.39, 0.29) is 42.5 Å². The molecule has 1 aliphatic rings. The van der Waals surface area contributed by atoms with Gasteiger partial charge in [0.1, 0.15) is 0 Å². The van der Waals surface area contributed by atoms with Crippen LogP contribution in [0.1, 0.15) is 44.0 Å². The predicted molar refractivity (Wildman–Crippen MR) is 98.9 cm³/mol. The highest BCUT2D eigenvalue weighted by Crippen LogP contribution is 2.13. The number of carbonyl (C=O) groups excluding carboxylic acids is 2. The Labute approximate surface area is 149 Å². The molecular weight excluding hydrogens is 328 g/mol. The molecule has 1 fully saturated rings. The molecular formula is C17H27ClN4O2. The molecule has 7 heteroatoms. The molecule has 6 nitrogen and oxygen atoms in total. The third kappa shape index (κ3) is 6.02. The van der Waals surface area contributed by atoms with Crippen LogP contribution in [0.3, 0.4) is 0 Å². The molecule has 1 aromatic carbocycles. The number of urea groups is 1. The summed E-state index contributed by atoms with van der Waals surface area (Å²) >= 11 is 0. The number of halogens is 1. The number of piperidine rings is 1. The second-order valence-corrected chi connectivity index (χ2v) is 6.30. The third-order valence-electron chi connectivity index (χ3n) is 3.88. The SMILES string of the molecule is CC(C)NC(=O)Nc1cccc(C(=O)NC2CCCNC2C)c1.Cl. The molecule has 0 aromatic heterocycles. The minimum absolute atomic E-state index is 0. The van der Waals surface area contributed by atoms with E-state index in [1.165, 1.54) is 0 Å². The van der Waals surface area contributed by atoms with Crippen LogP contribution in [0.4, 0.5) is 10.5 Å².